The van der Waals surface area contributed by atoms with E-state index in [9.17, 15) is 14.3 Å². The van der Waals surface area contributed by atoms with Crippen LogP contribution in [0, 0.1) is 0 Å². The van der Waals surface area contributed by atoms with E-state index in [1.807, 2.05) is 15.9 Å². The van der Waals surface area contributed by atoms with Gasteiger partial charge in [-0.2, -0.15) is 0 Å². The summed E-state index contributed by atoms with van der Waals surface area (Å²) >= 11 is 12.0. The Morgan fingerprint density at radius 3 is 2.48 bits per heavy atom. The molecule has 2 aromatic carbocycles. The first-order valence-electron chi connectivity index (χ1n) is 9.82. The molecule has 154 valence electrons. The van der Waals surface area contributed by atoms with Gasteiger partial charge in [0, 0.05) is 25.6 Å². The second-order valence-electron chi connectivity index (χ2n) is 7.81. The van der Waals surface area contributed by atoms with Crippen molar-refractivity contribution in [2.45, 2.75) is 37.5 Å². The molecule has 2 aromatic rings. The smallest absolute Gasteiger partial charge is 0.240 e. The Balaban J connectivity index is 1.38. The summed E-state index contributed by atoms with van der Waals surface area (Å²) in [4.78, 5) is 16.7. The summed E-state index contributed by atoms with van der Waals surface area (Å²) in [6.45, 7) is 2.07. The maximum atomic E-state index is 14.9. The van der Waals surface area contributed by atoms with E-state index < -0.39 is 6.17 Å². The SMILES string of the molecule is O=C1C(N2CCC(c3ccc(O)cc3)C(F)C2)CCN1Cc1ccc(Cl)c(Cl)c1. The molecule has 0 spiro atoms. The number of hydrogen-bond acceptors (Lipinski definition) is 3. The Hall–Kier alpha value is -1.82. The molecule has 2 aliphatic heterocycles. The molecule has 29 heavy (non-hydrogen) atoms. The molecule has 2 saturated heterocycles. The van der Waals surface area contributed by atoms with Crippen LogP contribution in [0.4, 0.5) is 4.39 Å². The normalized spacial score (nSPS) is 25.6. The summed E-state index contributed by atoms with van der Waals surface area (Å²) in [7, 11) is 0. The second-order valence-corrected chi connectivity index (χ2v) is 8.62. The average molecular weight is 437 g/mol. The van der Waals surface area contributed by atoms with E-state index in [-0.39, 0.29) is 30.2 Å². The summed E-state index contributed by atoms with van der Waals surface area (Å²) < 4.78 is 14.9. The van der Waals surface area contributed by atoms with Gasteiger partial charge in [-0.3, -0.25) is 9.69 Å². The fourth-order valence-electron chi connectivity index (χ4n) is 4.39. The van der Waals surface area contributed by atoms with Crippen molar-refractivity contribution in [3.8, 4) is 5.75 Å². The van der Waals surface area contributed by atoms with Gasteiger partial charge in [0.2, 0.25) is 5.91 Å². The monoisotopic (exact) mass is 436 g/mol. The summed E-state index contributed by atoms with van der Waals surface area (Å²) in [6, 6.07) is 11.9. The first-order valence-corrected chi connectivity index (χ1v) is 10.6. The number of likely N-dealkylation sites (tertiary alicyclic amines) is 2. The zero-order valence-electron chi connectivity index (χ0n) is 15.9. The van der Waals surface area contributed by atoms with Crippen LogP contribution >= 0.6 is 23.2 Å². The van der Waals surface area contributed by atoms with Gasteiger partial charge in [0.1, 0.15) is 11.9 Å². The van der Waals surface area contributed by atoms with Crippen molar-refractivity contribution in [2.75, 3.05) is 19.6 Å². The summed E-state index contributed by atoms with van der Waals surface area (Å²) in [5.41, 5.74) is 1.83. The first kappa shape index (κ1) is 20.5. The van der Waals surface area contributed by atoms with Crippen molar-refractivity contribution < 1.29 is 14.3 Å². The minimum absolute atomic E-state index is 0.0476. The van der Waals surface area contributed by atoms with Gasteiger partial charge >= 0.3 is 0 Å². The number of rotatable bonds is 4. The molecule has 7 heteroatoms. The van der Waals surface area contributed by atoms with Crippen LogP contribution < -0.4 is 0 Å². The lowest BCUT2D eigenvalue weighted by Crippen LogP contribution is -2.49. The fraction of sp³-hybridized carbons (Fsp3) is 0.409. The van der Waals surface area contributed by atoms with Crippen LogP contribution in [-0.4, -0.2) is 52.7 Å². The highest BCUT2D eigenvalue weighted by Gasteiger charge is 2.40. The third kappa shape index (κ3) is 4.37. The Labute approximate surface area is 179 Å². The summed E-state index contributed by atoms with van der Waals surface area (Å²) in [6.07, 6.45) is 0.324. The van der Waals surface area contributed by atoms with Gasteiger partial charge in [-0.1, -0.05) is 41.4 Å². The molecule has 1 amide bonds. The number of phenols is 1. The number of phenolic OH excluding ortho intramolecular Hbond substituents is 1. The van der Waals surface area contributed by atoms with E-state index in [1.54, 1.807) is 36.4 Å². The number of hydrogen-bond donors (Lipinski definition) is 1. The van der Waals surface area contributed by atoms with Crippen LogP contribution in [0.3, 0.4) is 0 Å². The van der Waals surface area contributed by atoms with Crippen LogP contribution in [-0.2, 0) is 11.3 Å². The van der Waals surface area contributed by atoms with Crippen molar-refractivity contribution in [2.24, 2.45) is 0 Å². The number of piperidine rings is 1. The molecule has 1 N–H and O–H groups in total. The summed E-state index contributed by atoms with van der Waals surface area (Å²) in [5, 5.41) is 10.4. The van der Waals surface area contributed by atoms with Crippen LogP contribution in [0.5, 0.6) is 5.75 Å². The average Bonchev–Trinajstić information content (AvgIpc) is 3.06. The van der Waals surface area contributed by atoms with Gasteiger partial charge in [0.05, 0.1) is 16.1 Å². The molecule has 2 heterocycles. The maximum absolute atomic E-state index is 14.9. The molecule has 3 atom stereocenters. The number of carbonyl (C=O) groups excluding carboxylic acids is 1. The van der Waals surface area contributed by atoms with Gasteiger partial charge in [-0.25, -0.2) is 4.39 Å². The molecular weight excluding hydrogens is 414 g/mol. The van der Waals surface area contributed by atoms with Crippen LogP contribution in [0.2, 0.25) is 10.0 Å². The van der Waals surface area contributed by atoms with E-state index in [0.717, 1.165) is 11.1 Å². The predicted molar refractivity (Wildman–Crippen MR) is 112 cm³/mol. The largest absolute Gasteiger partial charge is 0.508 e. The van der Waals surface area contributed by atoms with E-state index in [4.69, 9.17) is 23.2 Å². The third-order valence-corrected chi connectivity index (χ3v) is 6.70. The van der Waals surface area contributed by atoms with E-state index in [2.05, 4.69) is 0 Å². The van der Waals surface area contributed by atoms with Crippen LogP contribution in [0.15, 0.2) is 42.5 Å². The topological polar surface area (TPSA) is 43.8 Å². The fourth-order valence-corrected chi connectivity index (χ4v) is 4.71. The van der Waals surface area contributed by atoms with Gasteiger partial charge in [-0.05, 0) is 54.8 Å². The number of halogens is 3. The number of nitrogens with zero attached hydrogens (tertiary/aromatic N) is 2. The number of alkyl halides is 1. The van der Waals surface area contributed by atoms with Crippen molar-refractivity contribution in [3.05, 3.63) is 63.6 Å². The molecule has 0 saturated carbocycles. The van der Waals surface area contributed by atoms with Gasteiger partial charge in [0.15, 0.2) is 0 Å². The van der Waals surface area contributed by atoms with Crippen molar-refractivity contribution in [1.29, 1.82) is 0 Å². The Morgan fingerprint density at radius 2 is 1.79 bits per heavy atom. The number of benzene rings is 2. The Morgan fingerprint density at radius 1 is 1.03 bits per heavy atom. The van der Waals surface area contributed by atoms with Crippen molar-refractivity contribution in [1.82, 2.24) is 9.80 Å². The predicted octanol–water partition coefficient (Wildman–Crippen LogP) is 4.63. The van der Waals surface area contributed by atoms with Crippen LogP contribution in [0.1, 0.15) is 29.9 Å². The van der Waals surface area contributed by atoms with E-state index >= 15 is 0 Å². The molecular formula is C22H23Cl2FN2O2. The zero-order chi connectivity index (χ0) is 20.5. The highest BCUT2D eigenvalue weighted by Crippen LogP contribution is 2.34. The first-order chi connectivity index (χ1) is 13.9. The third-order valence-electron chi connectivity index (χ3n) is 5.96. The van der Waals surface area contributed by atoms with Crippen molar-refractivity contribution in [3.63, 3.8) is 0 Å². The minimum Gasteiger partial charge on any atom is -0.508 e. The molecule has 0 aromatic heterocycles. The minimum atomic E-state index is -1.04. The highest BCUT2D eigenvalue weighted by atomic mass is 35.5. The lowest BCUT2D eigenvalue weighted by Gasteiger charge is -2.37. The molecule has 2 aliphatic rings. The number of carbonyl (C=O) groups is 1. The number of amides is 1. The van der Waals surface area contributed by atoms with Crippen molar-refractivity contribution >= 4 is 29.1 Å². The second kappa shape index (κ2) is 8.50. The zero-order valence-corrected chi connectivity index (χ0v) is 17.4. The molecule has 4 rings (SSSR count). The van der Waals surface area contributed by atoms with E-state index in [1.165, 1.54) is 0 Å². The lowest BCUT2D eigenvalue weighted by molar-refractivity contribution is -0.133. The quantitative estimate of drug-likeness (QED) is 0.759. The molecule has 3 unspecified atom stereocenters. The van der Waals surface area contributed by atoms with Gasteiger partial charge in [0.25, 0.3) is 0 Å². The molecule has 0 aliphatic carbocycles. The molecule has 0 radical (unpaired) electrons. The molecule has 0 bridgehead atoms. The van der Waals surface area contributed by atoms with Gasteiger partial charge in [-0.15, -0.1) is 0 Å². The highest BCUT2D eigenvalue weighted by molar-refractivity contribution is 6.42. The lowest BCUT2D eigenvalue weighted by atomic mass is 9.87. The molecule has 2 fully saturated rings. The maximum Gasteiger partial charge on any atom is 0.240 e. The van der Waals surface area contributed by atoms with Crippen LogP contribution in [0.25, 0.3) is 0 Å². The standard InChI is InChI=1S/C22H23Cl2FN2O2/c23-18-6-1-14(11-19(18)24)12-27-10-8-21(22(27)29)26-9-7-17(20(25)13-26)15-2-4-16(28)5-3-15/h1-6,11,17,20-21,28H,7-10,12-13H2. The Bertz CT molecular complexity index is 893. The molecule has 4 nitrogen and oxygen atoms in total. The summed E-state index contributed by atoms with van der Waals surface area (Å²) in [5.74, 6) is 0.0298. The Kier molecular flexibility index (Phi) is 6.00. The van der Waals surface area contributed by atoms with E-state index in [0.29, 0.717) is 42.5 Å². The van der Waals surface area contributed by atoms with Gasteiger partial charge < -0.3 is 10.0 Å². The number of aromatic hydroxyl groups is 1.